The molecule has 1 fully saturated rings. The lowest BCUT2D eigenvalue weighted by atomic mass is 10.1. The van der Waals surface area contributed by atoms with Crippen molar-refractivity contribution in [3.63, 3.8) is 0 Å². The Bertz CT molecular complexity index is 1170. The minimum Gasteiger partial charge on any atom is -0.489 e. The van der Waals surface area contributed by atoms with E-state index in [1.54, 1.807) is 11.3 Å². The molecule has 0 spiro atoms. The molecule has 1 aliphatic heterocycles. The van der Waals surface area contributed by atoms with E-state index in [-0.39, 0.29) is 5.91 Å². The number of carbonyl (C=O) groups is 1. The number of rotatable bonds is 6. The number of benzene rings is 3. The molecule has 162 valence electrons. The van der Waals surface area contributed by atoms with Gasteiger partial charge in [0.1, 0.15) is 17.4 Å². The van der Waals surface area contributed by atoms with Crippen molar-refractivity contribution in [1.82, 2.24) is 14.8 Å². The summed E-state index contributed by atoms with van der Waals surface area (Å²) in [6.45, 7) is 4.47. The number of hydrogen-bond donors (Lipinski definition) is 0. The first-order valence-corrected chi connectivity index (χ1v) is 11.7. The highest BCUT2D eigenvalue weighted by atomic mass is 32.1. The lowest BCUT2D eigenvalue weighted by molar-refractivity contribution is 0.0628. The second-order valence-corrected chi connectivity index (χ2v) is 9.06. The Balaban J connectivity index is 1.16. The van der Waals surface area contributed by atoms with Gasteiger partial charge in [0.15, 0.2) is 0 Å². The highest BCUT2D eigenvalue weighted by Crippen LogP contribution is 2.23. The third-order valence-electron chi connectivity index (χ3n) is 5.69. The van der Waals surface area contributed by atoms with Crippen LogP contribution >= 0.6 is 11.3 Å². The second-order valence-electron chi connectivity index (χ2n) is 7.95. The molecule has 5 rings (SSSR count). The number of aromatic nitrogens is 1. The molecule has 5 nitrogen and oxygen atoms in total. The van der Waals surface area contributed by atoms with Crippen LogP contribution < -0.4 is 4.74 Å². The van der Waals surface area contributed by atoms with Crippen LogP contribution in [-0.4, -0.2) is 46.9 Å². The predicted octanol–water partition coefficient (Wildman–Crippen LogP) is 4.83. The molecule has 3 aromatic carbocycles. The van der Waals surface area contributed by atoms with E-state index >= 15 is 0 Å². The minimum atomic E-state index is 0.0646. The van der Waals surface area contributed by atoms with Gasteiger partial charge in [-0.1, -0.05) is 48.5 Å². The van der Waals surface area contributed by atoms with Crippen LogP contribution in [0.25, 0.3) is 10.2 Å². The van der Waals surface area contributed by atoms with Crippen molar-refractivity contribution in [2.45, 2.75) is 13.2 Å². The molecule has 0 N–H and O–H groups in total. The Morgan fingerprint density at radius 2 is 1.69 bits per heavy atom. The molecule has 0 radical (unpaired) electrons. The van der Waals surface area contributed by atoms with Gasteiger partial charge in [-0.25, -0.2) is 4.98 Å². The maximum atomic E-state index is 13.1. The Kier molecular flexibility index (Phi) is 6.14. The highest BCUT2D eigenvalue weighted by molar-refractivity contribution is 7.18. The Morgan fingerprint density at radius 3 is 2.50 bits per heavy atom. The summed E-state index contributed by atoms with van der Waals surface area (Å²) in [5, 5.41) is 1.13. The van der Waals surface area contributed by atoms with Crippen LogP contribution in [-0.2, 0) is 13.2 Å². The molecule has 0 atom stereocenters. The molecule has 2 heterocycles. The number of nitrogens with zero attached hydrogens (tertiary/aromatic N) is 3. The number of piperazine rings is 1. The van der Waals surface area contributed by atoms with Crippen molar-refractivity contribution in [2.75, 3.05) is 26.2 Å². The first kappa shape index (κ1) is 20.7. The van der Waals surface area contributed by atoms with E-state index in [9.17, 15) is 4.79 Å². The maximum Gasteiger partial charge on any atom is 0.254 e. The molecule has 4 aromatic rings. The van der Waals surface area contributed by atoms with Crippen LogP contribution in [0.2, 0.25) is 0 Å². The van der Waals surface area contributed by atoms with Crippen LogP contribution in [0.4, 0.5) is 0 Å². The van der Waals surface area contributed by atoms with Crippen molar-refractivity contribution in [2.24, 2.45) is 0 Å². The standard InChI is InChI=1S/C26H25N3O2S/c30-26(21-9-6-10-22(17-21)31-19-20-7-2-1-3-8-20)29-15-13-28(14-16-29)18-25-27-23-11-4-5-12-24(23)32-25/h1-12,17H,13-16,18-19H2. The molecular weight excluding hydrogens is 418 g/mol. The number of thiazole rings is 1. The number of amides is 1. The monoisotopic (exact) mass is 443 g/mol. The second kappa shape index (κ2) is 9.51. The molecule has 0 bridgehead atoms. The molecule has 0 saturated carbocycles. The SMILES string of the molecule is O=C(c1cccc(OCc2ccccc2)c1)N1CCN(Cc2nc3ccccc3s2)CC1. The zero-order chi connectivity index (χ0) is 21.8. The topological polar surface area (TPSA) is 45.7 Å². The summed E-state index contributed by atoms with van der Waals surface area (Å²) in [6, 6.07) is 25.8. The van der Waals surface area contributed by atoms with Gasteiger partial charge in [0.2, 0.25) is 0 Å². The van der Waals surface area contributed by atoms with Crippen molar-refractivity contribution >= 4 is 27.5 Å². The summed E-state index contributed by atoms with van der Waals surface area (Å²) in [7, 11) is 0. The number of fused-ring (bicyclic) bond motifs is 1. The summed E-state index contributed by atoms with van der Waals surface area (Å²) in [6.07, 6.45) is 0. The van der Waals surface area contributed by atoms with E-state index in [0.717, 1.165) is 48.8 Å². The molecule has 0 aliphatic carbocycles. The fraction of sp³-hybridized carbons (Fsp3) is 0.231. The summed E-state index contributed by atoms with van der Waals surface area (Å²) in [5.74, 6) is 0.781. The van der Waals surface area contributed by atoms with Crippen LogP contribution in [0.1, 0.15) is 20.9 Å². The fourth-order valence-corrected chi connectivity index (χ4v) is 4.94. The van der Waals surface area contributed by atoms with Crippen molar-refractivity contribution in [3.05, 3.63) is 95.0 Å². The van der Waals surface area contributed by atoms with Gasteiger partial charge < -0.3 is 9.64 Å². The zero-order valence-corrected chi connectivity index (χ0v) is 18.6. The van der Waals surface area contributed by atoms with Gasteiger partial charge in [0.25, 0.3) is 5.91 Å². The Morgan fingerprint density at radius 1 is 0.906 bits per heavy atom. The van der Waals surface area contributed by atoms with Gasteiger partial charge in [-0.05, 0) is 35.9 Å². The summed E-state index contributed by atoms with van der Waals surface area (Å²) >= 11 is 1.75. The zero-order valence-electron chi connectivity index (χ0n) is 17.8. The van der Waals surface area contributed by atoms with E-state index in [4.69, 9.17) is 9.72 Å². The molecule has 6 heteroatoms. The number of hydrogen-bond acceptors (Lipinski definition) is 5. The van der Waals surface area contributed by atoms with Crippen LogP contribution in [0.3, 0.4) is 0 Å². The summed E-state index contributed by atoms with van der Waals surface area (Å²) in [5.41, 5.74) is 2.85. The molecule has 32 heavy (non-hydrogen) atoms. The van der Waals surface area contributed by atoms with Crippen molar-refractivity contribution in [3.8, 4) is 5.75 Å². The van der Waals surface area contributed by atoms with Gasteiger partial charge in [0.05, 0.1) is 16.8 Å². The van der Waals surface area contributed by atoms with Crippen LogP contribution in [0.15, 0.2) is 78.9 Å². The smallest absolute Gasteiger partial charge is 0.254 e. The normalized spacial score (nSPS) is 14.6. The molecule has 1 saturated heterocycles. The van der Waals surface area contributed by atoms with Gasteiger partial charge in [-0.15, -0.1) is 11.3 Å². The minimum absolute atomic E-state index is 0.0646. The quantitative estimate of drug-likeness (QED) is 0.428. The molecular formula is C26H25N3O2S. The van der Waals surface area contributed by atoms with E-state index in [0.29, 0.717) is 17.9 Å². The van der Waals surface area contributed by atoms with E-state index in [1.165, 1.54) is 4.70 Å². The first-order valence-electron chi connectivity index (χ1n) is 10.9. The van der Waals surface area contributed by atoms with E-state index < -0.39 is 0 Å². The Hall–Kier alpha value is -3.22. The van der Waals surface area contributed by atoms with Crippen LogP contribution in [0.5, 0.6) is 5.75 Å². The van der Waals surface area contributed by atoms with E-state index in [2.05, 4.69) is 23.1 Å². The lowest BCUT2D eigenvalue weighted by Gasteiger charge is -2.34. The van der Waals surface area contributed by atoms with Gasteiger partial charge >= 0.3 is 0 Å². The Labute approximate surface area is 191 Å². The van der Waals surface area contributed by atoms with Crippen LogP contribution in [0, 0.1) is 0 Å². The average molecular weight is 444 g/mol. The van der Waals surface area contributed by atoms with E-state index in [1.807, 2.05) is 65.6 Å². The van der Waals surface area contributed by atoms with Gasteiger partial charge in [-0.2, -0.15) is 0 Å². The third kappa shape index (κ3) is 4.82. The van der Waals surface area contributed by atoms with Gasteiger partial charge in [0, 0.05) is 31.7 Å². The van der Waals surface area contributed by atoms with Crippen molar-refractivity contribution in [1.29, 1.82) is 0 Å². The fourth-order valence-electron chi connectivity index (χ4n) is 3.93. The lowest BCUT2D eigenvalue weighted by Crippen LogP contribution is -2.48. The molecule has 1 amide bonds. The molecule has 1 aliphatic rings. The first-order chi connectivity index (χ1) is 15.7. The van der Waals surface area contributed by atoms with Crippen molar-refractivity contribution < 1.29 is 9.53 Å². The molecule has 1 aromatic heterocycles. The van der Waals surface area contributed by atoms with Gasteiger partial charge in [-0.3, -0.25) is 9.69 Å². The number of carbonyl (C=O) groups excluding carboxylic acids is 1. The molecule has 0 unspecified atom stereocenters. The predicted molar refractivity (Wildman–Crippen MR) is 128 cm³/mol. The number of para-hydroxylation sites is 1. The average Bonchev–Trinajstić information content (AvgIpc) is 3.26. The largest absolute Gasteiger partial charge is 0.489 e. The third-order valence-corrected chi connectivity index (χ3v) is 6.71. The maximum absolute atomic E-state index is 13.1. The summed E-state index contributed by atoms with van der Waals surface area (Å²) in [4.78, 5) is 22.1. The summed E-state index contributed by atoms with van der Waals surface area (Å²) < 4.78 is 7.12. The number of ether oxygens (including phenoxy) is 1. The highest BCUT2D eigenvalue weighted by Gasteiger charge is 2.23.